The molecule has 3 heteroatoms. The Morgan fingerprint density at radius 2 is 1.94 bits per heavy atom. The van der Waals surface area contributed by atoms with Crippen LogP contribution < -0.4 is 5.73 Å². The van der Waals surface area contributed by atoms with Crippen molar-refractivity contribution in [2.45, 2.75) is 0 Å². The number of hydrogen-bond donors (Lipinski definition) is 1. The first-order valence-electron chi connectivity index (χ1n) is 5.64. The number of anilines is 1. The van der Waals surface area contributed by atoms with Crippen LogP contribution in [0.25, 0.3) is 21.9 Å². The quantitative estimate of drug-likeness (QED) is 0.663. The Kier molecular flexibility index (Phi) is 2.65. The normalized spacial score (nSPS) is 10.7. The van der Waals surface area contributed by atoms with Gasteiger partial charge in [0.2, 0.25) is 0 Å². The van der Waals surface area contributed by atoms with Crippen molar-refractivity contribution in [1.82, 2.24) is 4.98 Å². The maximum atomic E-state index is 6.08. The highest BCUT2D eigenvalue weighted by Gasteiger charge is 2.05. The van der Waals surface area contributed by atoms with Crippen LogP contribution in [0.2, 0.25) is 5.02 Å². The minimum atomic E-state index is 0.582. The molecule has 2 aromatic carbocycles. The number of nitrogen functional groups attached to an aromatic ring is 1. The lowest BCUT2D eigenvalue weighted by Gasteiger charge is -2.07. The van der Waals surface area contributed by atoms with E-state index < -0.39 is 0 Å². The molecule has 0 spiro atoms. The summed E-state index contributed by atoms with van der Waals surface area (Å²) in [6.45, 7) is 0. The Hall–Kier alpha value is -2.06. The molecule has 0 fully saturated rings. The van der Waals surface area contributed by atoms with Crippen molar-refractivity contribution in [2.24, 2.45) is 0 Å². The number of halogens is 1. The summed E-state index contributed by atoms with van der Waals surface area (Å²) in [4.78, 5) is 4.13. The molecule has 0 amide bonds. The number of nitrogens with two attached hydrogens (primary N) is 1. The second kappa shape index (κ2) is 4.31. The van der Waals surface area contributed by atoms with Gasteiger partial charge in [0.05, 0.1) is 10.7 Å². The SMILES string of the molecule is Nc1ccc(-c2cccc3cnccc23)cc1Cl. The van der Waals surface area contributed by atoms with Crippen LogP contribution in [-0.4, -0.2) is 4.98 Å². The average molecular weight is 255 g/mol. The van der Waals surface area contributed by atoms with E-state index in [1.54, 1.807) is 6.20 Å². The summed E-state index contributed by atoms with van der Waals surface area (Å²) in [5.74, 6) is 0. The number of fused-ring (bicyclic) bond motifs is 1. The smallest absolute Gasteiger partial charge is 0.0641 e. The number of benzene rings is 2. The molecule has 88 valence electrons. The summed E-state index contributed by atoms with van der Waals surface area (Å²) in [5.41, 5.74) is 8.53. The number of hydrogen-bond acceptors (Lipinski definition) is 2. The van der Waals surface area contributed by atoms with E-state index in [1.807, 2.05) is 42.6 Å². The van der Waals surface area contributed by atoms with Gasteiger partial charge in [0, 0.05) is 17.8 Å². The van der Waals surface area contributed by atoms with Crippen molar-refractivity contribution in [1.29, 1.82) is 0 Å². The number of pyridine rings is 1. The van der Waals surface area contributed by atoms with Gasteiger partial charge in [-0.05, 0) is 34.7 Å². The molecule has 18 heavy (non-hydrogen) atoms. The van der Waals surface area contributed by atoms with Crippen LogP contribution in [0.4, 0.5) is 5.69 Å². The molecule has 0 saturated heterocycles. The van der Waals surface area contributed by atoms with E-state index in [0.29, 0.717) is 10.7 Å². The molecule has 0 radical (unpaired) electrons. The lowest BCUT2D eigenvalue weighted by molar-refractivity contribution is 1.36. The van der Waals surface area contributed by atoms with Crippen LogP contribution >= 0.6 is 11.6 Å². The molecule has 2 nitrogen and oxygen atoms in total. The third-order valence-electron chi connectivity index (χ3n) is 2.99. The van der Waals surface area contributed by atoms with E-state index >= 15 is 0 Å². The Morgan fingerprint density at radius 1 is 1.06 bits per heavy atom. The molecule has 0 unspecified atom stereocenters. The van der Waals surface area contributed by atoms with Gasteiger partial charge in [-0.25, -0.2) is 0 Å². The minimum absolute atomic E-state index is 0.582. The zero-order valence-corrected chi connectivity index (χ0v) is 10.4. The first kappa shape index (κ1) is 11.1. The van der Waals surface area contributed by atoms with Crippen molar-refractivity contribution < 1.29 is 0 Å². The fourth-order valence-corrected chi connectivity index (χ4v) is 2.25. The van der Waals surface area contributed by atoms with Gasteiger partial charge in [-0.2, -0.15) is 0 Å². The lowest BCUT2D eigenvalue weighted by atomic mass is 9.99. The van der Waals surface area contributed by atoms with Crippen molar-refractivity contribution in [3.63, 3.8) is 0 Å². The maximum absolute atomic E-state index is 6.08. The van der Waals surface area contributed by atoms with Crippen molar-refractivity contribution in [3.05, 3.63) is 59.9 Å². The van der Waals surface area contributed by atoms with Crippen molar-refractivity contribution in [3.8, 4) is 11.1 Å². The molecule has 1 heterocycles. The molecule has 0 aliphatic heterocycles. The molecule has 0 atom stereocenters. The van der Waals surface area contributed by atoms with E-state index in [1.165, 1.54) is 0 Å². The maximum Gasteiger partial charge on any atom is 0.0641 e. The summed E-state index contributed by atoms with van der Waals surface area (Å²) in [5, 5.41) is 2.86. The van der Waals surface area contributed by atoms with Gasteiger partial charge in [-0.15, -0.1) is 0 Å². The third-order valence-corrected chi connectivity index (χ3v) is 3.32. The van der Waals surface area contributed by atoms with Crippen molar-refractivity contribution >= 4 is 28.1 Å². The van der Waals surface area contributed by atoms with Crippen LogP contribution in [0.3, 0.4) is 0 Å². The molecule has 1 aromatic heterocycles. The highest BCUT2D eigenvalue weighted by Crippen LogP contribution is 2.31. The molecule has 3 rings (SSSR count). The average Bonchev–Trinajstić information content (AvgIpc) is 2.41. The predicted molar refractivity (Wildman–Crippen MR) is 76.6 cm³/mol. The fourth-order valence-electron chi connectivity index (χ4n) is 2.07. The van der Waals surface area contributed by atoms with Gasteiger partial charge < -0.3 is 5.73 Å². The Morgan fingerprint density at radius 3 is 2.78 bits per heavy atom. The third kappa shape index (κ3) is 1.81. The first-order valence-corrected chi connectivity index (χ1v) is 6.01. The molecule has 0 saturated carbocycles. The second-order valence-electron chi connectivity index (χ2n) is 4.14. The van der Waals surface area contributed by atoms with Crippen LogP contribution in [0.1, 0.15) is 0 Å². The zero-order valence-electron chi connectivity index (χ0n) is 9.60. The van der Waals surface area contributed by atoms with E-state index in [-0.39, 0.29) is 0 Å². The number of rotatable bonds is 1. The van der Waals surface area contributed by atoms with Gasteiger partial charge in [0.15, 0.2) is 0 Å². The first-order chi connectivity index (χ1) is 8.75. The van der Waals surface area contributed by atoms with Crippen LogP contribution in [-0.2, 0) is 0 Å². The van der Waals surface area contributed by atoms with Gasteiger partial charge in [0.25, 0.3) is 0 Å². The molecule has 3 aromatic rings. The zero-order chi connectivity index (χ0) is 12.5. The number of nitrogens with zero attached hydrogens (tertiary/aromatic N) is 1. The Balaban J connectivity index is 2.28. The largest absolute Gasteiger partial charge is 0.398 e. The van der Waals surface area contributed by atoms with Gasteiger partial charge in [-0.1, -0.05) is 35.9 Å². The monoisotopic (exact) mass is 254 g/mol. The molecule has 0 aliphatic rings. The molecule has 0 aliphatic carbocycles. The van der Waals surface area contributed by atoms with Gasteiger partial charge in [-0.3, -0.25) is 4.98 Å². The van der Waals surface area contributed by atoms with E-state index in [4.69, 9.17) is 17.3 Å². The lowest BCUT2D eigenvalue weighted by Crippen LogP contribution is -1.87. The highest BCUT2D eigenvalue weighted by molar-refractivity contribution is 6.33. The predicted octanol–water partition coefficient (Wildman–Crippen LogP) is 4.14. The van der Waals surface area contributed by atoms with Crippen LogP contribution in [0, 0.1) is 0 Å². The summed E-state index contributed by atoms with van der Waals surface area (Å²) < 4.78 is 0. The number of aromatic nitrogens is 1. The van der Waals surface area contributed by atoms with Crippen LogP contribution in [0.5, 0.6) is 0 Å². The van der Waals surface area contributed by atoms with Gasteiger partial charge in [0.1, 0.15) is 0 Å². The molecule has 2 N–H and O–H groups in total. The second-order valence-corrected chi connectivity index (χ2v) is 4.55. The highest BCUT2D eigenvalue weighted by atomic mass is 35.5. The van der Waals surface area contributed by atoms with Gasteiger partial charge >= 0.3 is 0 Å². The van der Waals surface area contributed by atoms with Crippen LogP contribution in [0.15, 0.2) is 54.9 Å². The minimum Gasteiger partial charge on any atom is -0.398 e. The van der Waals surface area contributed by atoms with E-state index in [2.05, 4.69) is 11.1 Å². The molecular weight excluding hydrogens is 244 g/mol. The Labute approximate surface area is 110 Å². The summed E-state index contributed by atoms with van der Waals surface area (Å²) in [6, 6.07) is 13.9. The Bertz CT molecular complexity index is 717. The molecular formula is C15H11ClN2. The standard InChI is InChI=1S/C15H11ClN2/c16-14-8-10(4-5-15(14)17)12-3-1-2-11-9-18-7-6-13(11)12/h1-9H,17H2. The van der Waals surface area contributed by atoms with E-state index in [0.717, 1.165) is 21.9 Å². The van der Waals surface area contributed by atoms with E-state index in [9.17, 15) is 0 Å². The summed E-state index contributed by atoms with van der Waals surface area (Å²) in [6.07, 6.45) is 3.66. The fraction of sp³-hybridized carbons (Fsp3) is 0. The summed E-state index contributed by atoms with van der Waals surface area (Å²) >= 11 is 6.08. The summed E-state index contributed by atoms with van der Waals surface area (Å²) in [7, 11) is 0. The molecule has 0 bridgehead atoms. The van der Waals surface area contributed by atoms with Crippen molar-refractivity contribution in [2.75, 3.05) is 5.73 Å². The topological polar surface area (TPSA) is 38.9 Å².